The van der Waals surface area contributed by atoms with Gasteiger partial charge in [0.25, 0.3) is 8.32 Å². The molecular weight excluding hydrogens is 660 g/mol. The maximum absolute atomic E-state index is 14.1. The highest BCUT2D eigenvalue weighted by Gasteiger charge is 2.58. The molecule has 2 fully saturated rings. The van der Waals surface area contributed by atoms with Crippen LogP contribution in [0.3, 0.4) is 0 Å². The summed E-state index contributed by atoms with van der Waals surface area (Å²) >= 11 is 0. The molecule has 3 aromatic rings. The summed E-state index contributed by atoms with van der Waals surface area (Å²) < 4.78 is 27.8. The largest absolute Gasteiger partial charge is 0.505 e. The van der Waals surface area contributed by atoms with Crippen LogP contribution in [0, 0.1) is 23.6 Å². The number of hydrogen-bond acceptors (Lipinski definition) is 6. The number of carbonyl (C=O) groups excluding carboxylic acids is 2. The summed E-state index contributed by atoms with van der Waals surface area (Å²) in [6.07, 6.45) is 3.79. The minimum Gasteiger partial charge on any atom is -0.505 e. The average molecular weight is 710 g/mol. The lowest BCUT2D eigenvalue weighted by Gasteiger charge is -2.46. The molecule has 6 rings (SSSR count). The van der Waals surface area contributed by atoms with Gasteiger partial charge < -0.3 is 19.2 Å². The number of likely N-dealkylation sites (tertiary alicyclic amines) is 1. The molecule has 2 aliphatic heterocycles. The van der Waals surface area contributed by atoms with Crippen LogP contribution in [-0.4, -0.2) is 61.5 Å². The number of amides is 2. The van der Waals surface area contributed by atoms with E-state index >= 15 is 0 Å². The summed E-state index contributed by atoms with van der Waals surface area (Å²) in [5.74, 6) is -2.78. The van der Waals surface area contributed by atoms with Crippen LogP contribution in [0.5, 0.6) is 5.75 Å². The van der Waals surface area contributed by atoms with Gasteiger partial charge >= 0.3 is 7.12 Å². The summed E-state index contributed by atoms with van der Waals surface area (Å²) in [5.41, 5.74) is 3.56. The maximum atomic E-state index is 14.1. The number of rotatable bonds is 11. The van der Waals surface area contributed by atoms with Crippen molar-refractivity contribution in [1.82, 2.24) is 4.90 Å². The SMILES string of the molecule is CCCN1C(=O)[C@@H]2[C@@H](CC(CO[Si](c3ccccc3)(c3ccccc3)C(C)(C)C)=C3[C@@H](CC/C(C)=C/c4ccc(O)c(F)c4)OB(O)C[C@@H]32)C1=O. The second-order valence-electron chi connectivity index (χ2n) is 15.3. The molecule has 7 nitrogen and oxygen atoms in total. The van der Waals surface area contributed by atoms with Crippen LogP contribution in [0.25, 0.3) is 6.08 Å². The molecule has 268 valence electrons. The number of aromatic hydroxyl groups is 1. The van der Waals surface area contributed by atoms with Crippen molar-refractivity contribution >= 4 is 43.7 Å². The molecule has 2 heterocycles. The van der Waals surface area contributed by atoms with Crippen molar-refractivity contribution < 1.29 is 33.2 Å². The van der Waals surface area contributed by atoms with Crippen LogP contribution in [-0.2, 0) is 18.7 Å². The first kappa shape index (κ1) is 36.9. The summed E-state index contributed by atoms with van der Waals surface area (Å²) in [6, 6.07) is 25.2. The van der Waals surface area contributed by atoms with E-state index in [1.165, 1.54) is 17.0 Å². The topological polar surface area (TPSA) is 96.3 Å². The highest BCUT2D eigenvalue weighted by Crippen LogP contribution is 2.51. The number of imide groups is 1. The molecule has 0 radical (unpaired) electrons. The molecule has 2 N–H and O–H groups in total. The molecule has 0 bridgehead atoms. The number of nitrogens with zero attached hydrogens (tertiary/aromatic N) is 1. The molecule has 0 saturated carbocycles. The van der Waals surface area contributed by atoms with Gasteiger partial charge in [-0.2, -0.15) is 0 Å². The van der Waals surface area contributed by atoms with E-state index < -0.39 is 44.9 Å². The van der Waals surface area contributed by atoms with Crippen molar-refractivity contribution in [2.24, 2.45) is 17.8 Å². The van der Waals surface area contributed by atoms with E-state index in [-0.39, 0.29) is 35.7 Å². The van der Waals surface area contributed by atoms with Crippen molar-refractivity contribution in [1.29, 1.82) is 0 Å². The molecule has 0 unspecified atom stereocenters. The number of fused-ring (bicyclic) bond motifs is 3. The quantitative estimate of drug-likeness (QED) is 0.134. The third-order valence-corrected chi connectivity index (χ3v) is 15.9. The molecule has 3 aromatic carbocycles. The number of hydrogen-bond donors (Lipinski definition) is 2. The highest BCUT2D eigenvalue weighted by atomic mass is 28.4. The molecule has 0 aromatic heterocycles. The fourth-order valence-electron chi connectivity index (χ4n) is 8.69. The van der Waals surface area contributed by atoms with Gasteiger partial charge in [0.2, 0.25) is 11.8 Å². The Bertz CT molecular complexity index is 1770. The molecule has 1 aliphatic carbocycles. The normalized spacial score (nSPS) is 22.8. The van der Waals surface area contributed by atoms with Crippen molar-refractivity contribution in [2.45, 2.75) is 77.8 Å². The molecule has 3 aliphatic rings. The lowest BCUT2D eigenvalue weighted by molar-refractivity contribution is -0.140. The lowest BCUT2D eigenvalue weighted by atomic mass is 9.58. The summed E-state index contributed by atoms with van der Waals surface area (Å²) in [5, 5.41) is 22.8. The second-order valence-corrected chi connectivity index (χ2v) is 19.6. The van der Waals surface area contributed by atoms with E-state index in [1.807, 2.05) is 32.1 Å². The van der Waals surface area contributed by atoms with Gasteiger partial charge in [-0.1, -0.05) is 106 Å². The van der Waals surface area contributed by atoms with Crippen LogP contribution >= 0.6 is 0 Å². The fourth-order valence-corrected chi connectivity index (χ4v) is 13.2. The molecule has 2 saturated heterocycles. The first-order valence-corrected chi connectivity index (χ1v) is 20.1. The van der Waals surface area contributed by atoms with E-state index in [1.54, 1.807) is 6.07 Å². The number of carbonyl (C=O) groups is 2. The van der Waals surface area contributed by atoms with Gasteiger partial charge in [-0.3, -0.25) is 14.5 Å². The molecule has 4 atom stereocenters. The van der Waals surface area contributed by atoms with Gasteiger partial charge in [0.05, 0.1) is 24.5 Å². The van der Waals surface area contributed by atoms with E-state index in [4.69, 9.17) is 9.08 Å². The van der Waals surface area contributed by atoms with Crippen LogP contribution < -0.4 is 10.4 Å². The number of allylic oxidation sites excluding steroid dienone is 1. The highest BCUT2D eigenvalue weighted by molar-refractivity contribution is 6.99. The summed E-state index contributed by atoms with van der Waals surface area (Å²) in [4.78, 5) is 29.2. The molecule has 0 spiro atoms. The number of halogens is 1. The van der Waals surface area contributed by atoms with Crippen molar-refractivity contribution in [3.8, 4) is 5.75 Å². The Morgan fingerprint density at radius 1 is 1.02 bits per heavy atom. The molecule has 51 heavy (non-hydrogen) atoms. The van der Waals surface area contributed by atoms with E-state index in [2.05, 4.69) is 69.3 Å². The number of phenols is 1. The van der Waals surface area contributed by atoms with E-state index in [9.17, 15) is 24.1 Å². The Morgan fingerprint density at radius 3 is 2.25 bits per heavy atom. The van der Waals surface area contributed by atoms with Gasteiger partial charge in [-0.15, -0.1) is 0 Å². The predicted octanol–water partition coefficient (Wildman–Crippen LogP) is 6.50. The minimum absolute atomic E-state index is 0.133. The van der Waals surface area contributed by atoms with E-state index in [0.29, 0.717) is 37.8 Å². The van der Waals surface area contributed by atoms with Crippen LogP contribution in [0.4, 0.5) is 4.39 Å². The monoisotopic (exact) mass is 709 g/mol. The average Bonchev–Trinajstić information content (AvgIpc) is 3.34. The Kier molecular flexibility index (Phi) is 10.9. The smallest absolute Gasteiger partial charge is 0.455 e. The van der Waals surface area contributed by atoms with Gasteiger partial charge in [0.1, 0.15) is 0 Å². The zero-order valence-corrected chi connectivity index (χ0v) is 31.3. The first-order chi connectivity index (χ1) is 24.4. The number of benzene rings is 3. The minimum atomic E-state index is -2.95. The fraction of sp³-hybridized carbons (Fsp3) is 0.415. The second kappa shape index (κ2) is 15.0. The predicted molar refractivity (Wildman–Crippen MR) is 201 cm³/mol. The van der Waals surface area contributed by atoms with Crippen molar-refractivity contribution in [2.75, 3.05) is 13.2 Å². The Morgan fingerprint density at radius 2 is 1.67 bits per heavy atom. The summed E-state index contributed by atoms with van der Waals surface area (Å²) in [6.45, 7) is 11.3. The Balaban J connectivity index is 1.41. The summed E-state index contributed by atoms with van der Waals surface area (Å²) in [7, 11) is -4.03. The first-order valence-electron chi connectivity index (χ1n) is 18.2. The third-order valence-electron chi connectivity index (χ3n) is 10.9. The molecular formula is C41H49BFNO6Si. The van der Waals surface area contributed by atoms with Crippen molar-refractivity contribution in [3.63, 3.8) is 0 Å². The van der Waals surface area contributed by atoms with Gasteiger partial charge in [-0.05, 0) is 89.1 Å². The van der Waals surface area contributed by atoms with Gasteiger partial charge in [0.15, 0.2) is 11.6 Å². The maximum Gasteiger partial charge on any atom is 0.455 e. The zero-order valence-electron chi connectivity index (χ0n) is 30.3. The number of phenolic OH excluding ortho intramolecular Hbond substituents is 1. The molecule has 10 heteroatoms. The Hall–Kier alpha value is -3.83. The van der Waals surface area contributed by atoms with Gasteiger partial charge in [-0.25, -0.2) is 4.39 Å². The van der Waals surface area contributed by atoms with Crippen LogP contribution in [0.15, 0.2) is 95.6 Å². The standard InChI is InChI=1S/C41H49BFNO6Si/c1-6-21-44-39(46)32-24-29(26-49-51(41(3,4)5,30-13-9-7-10-14-30)31-15-11-8-12-16-31)37-33(38(32)40(44)47)25-42(48)50-36(37)20-17-27(2)22-28-18-19-35(45)34(43)23-28/h7-16,18-19,22-23,32-33,36,38,45,48H,6,17,20-21,24-26H2,1-5H3/b27-22+/t32-,33+,36-,38-/m1/s1. The Labute approximate surface area is 302 Å². The van der Waals surface area contributed by atoms with Crippen LogP contribution in [0.2, 0.25) is 11.4 Å². The van der Waals surface area contributed by atoms with Gasteiger partial charge in [0, 0.05) is 6.54 Å². The lowest BCUT2D eigenvalue weighted by Crippen LogP contribution is -2.66. The zero-order chi connectivity index (χ0) is 36.5. The molecule has 2 amide bonds. The third kappa shape index (κ3) is 7.16. The van der Waals surface area contributed by atoms with Crippen LogP contribution in [0.1, 0.15) is 65.9 Å². The van der Waals surface area contributed by atoms with Crippen molar-refractivity contribution in [3.05, 3.63) is 107 Å². The van der Waals surface area contributed by atoms with E-state index in [0.717, 1.165) is 27.1 Å².